The van der Waals surface area contributed by atoms with Gasteiger partial charge in [0.05, 0.1) is 0 Å². The van der Waals surface area contributed by atoms with Crippen molar-refractivity contribution >= 4 is 12.1 Å². The molecule has 1 fully saturated rings. The number of esters is 1. The van der Waals surface area contributed by atoms with Gasteiger partial charge in [-0.3, -0.25) is 4.90 Å². The maximum Gasteiger partial charge on any atom is 0.414 e. The molecular weight excluding hydrogens is 366 g/mol. The van der Waals surface area contributed by atoms with Crippen molar-refractivity contribution in [2.45, 2.75) is 25.3 Å². The highest BCUT2D eigenvalue weighted by molar-refractivity contribution is 5.85. The van der Waals surface area contributed by atoms with Crippen molar-refractivity contribution in [3.05, 3.63) is 108 Å². The van der Waals surface area contributed by atoms with Crippen LogP contribution in [-0.2, 0) is 27.3 Å². The summed E-state index contributed by atoms with van der Waals surface area (Å²) < 4.78 is 11.1. The van der Waals surface area contributed by atoms with Gasteiger partial charge < -0.3 is 9.47 Å². The maximum atomic E-state index is 13.0. The van der Waals surface area contributed by atoms with Crippen molar-refractivity contribution < 1.29 is 19.1 Å². The van der Waals surface area contributed by atoms with Crippen molar-refractivity contribution in [1.82, 2.24) is 4.90 Å². The number of carbonyl (C=O) groups is 2. The Kier molecular flexibility index (Phi) is 5.56. The molecule has 1 saturated heterocycles. The van der Waals surface area contributed by atoms with Crippen molar-refractivity contribution in [2.24, 2.45) is 0 Å². The van der Waals surface area contributed by atoms with Crippen LogP contribution in [0.4, 0.5) is 4.79 Å². The van der Waals surface area contributed by atoms with E-state index in [-0.39, 0.29) is 6.61 Å². The Morgan fingerprint density at radius 2 is 1.38 bits per heavy atom. The molecule has 0 radical (unpaired) electrons. The van der Waals surface area contributed by atoms with Crippen LogP contribution in [0.1, 0.15) is 22.9 Å². The van der Waals surface area contributed by atoms with Crippen LogP contribution in [-0.4, -0.2) is 23.0 Å². The van der Waals surface area contributed by atoms with Crippen LogP contribution in [0, 0.1) is 0 Å². The molecular formula is C24H21NO4. The molecule has 1 heterocycles. The minimum absolute atomic E-state index is 0.129. The molecule has 0 bridgehead atoms. The second-order valence-electron chi connectivity index (χ2n) is 6.85. The highest BCUT2D eigenvalue weighted by atomic mass is 16.6. The van der Waals surface area contributed by atoms with Gasteiger partial charge in [0.25, 0.3) is 0 Å². The lowest BCUT2D eigenvalue weighted by molar-refractivity contribution is -0.142. The van der Waals surface area contributed by atoms with Crippen molar-refractivity contribution in [1.29, 1.82) is 0 Å². The van der Waals surface area contributed by atoms with Gasteiger partial charge in [-0.1, -0.05) is 91.0 Å². The fourth-order valence-electron chi connectivity index (χ4n) is 3.40. The van der Waals surface area contributed by atoms with Crippen molar-refractivity contribution in [3.8, 4) is 0 Å². The number of amides is 1. The van der Waals surface area contributed by atoms with E-state index >= 15 is 0 Å². The lowest BCUT2D eigenvalue weighted by atomic mass is 10.1. The zero-order valence-corrected chi connectivity index (χ0v) is 15.8. The highest BCUT2D eigenvalue weighted by Gasteiger charge is 2.46. The summed E-state index contributed by atoms with van der Waals surface area (Å²) in [6.45, 7) is 0.129. The number of nitrogens with zero attached hydrogens (tertiary/aromatic N) is 1. The van der Waals surface area contributed by atoms with Crippen LogP contribution in [0.25, 0.3) is 0 Å². The summed E-state index contributed by atoms with van der Waals surface area (Å²) in [5.74, 6) is -0.431. The van der Waals surface area contributed by atoms with Gasteiger partial charge in [-0.15, -0.1) is 0 Å². The van der Waals surface area contributed by atoms with E-state index in [1.807, 2.05) is 91.0 Å². The summed E-state index contributed by atoms with van der Waals surface area (Å²) in [6, 6.07) is 27.5. The second-order valence-corrected chi connectivity index (χ2v) is 6.85. The summed E-state index contributed by atoms with van der Waals surface area (Å²) in [5.41, 5.74) is 2.56. The standard InChI is InChI=1S/C24H21NO4/c26-23-21(16-18-10-4-1-5-11-18)25(22(29-23)20-14-8-3-9-15-20)24(27)28-17-19-12-6-2-7-13-19/h1-15,21-22H,16-17H2/t21?,22-/m0/s1. The van der Waals surface area contributed by atoms with Gasteiger partial charge in [-0.25, -0.2) is 9.59 Å². The molecule has 1 unspecified atom stereocenters. The normalized spacial score (nSPS) is 18.3. The van der Waals surface area contributed by atoms with Gasteiger partial charge in [0.15, 0.2) is 0 Å². The molecule has 0 N–H and O–H groups in total. The average Bonchev–Trinajstić information content (AvgIpc) is 3.10. The van der Waals surface area contributed by atoms with Gasteiger partial charge in [0.1, 0.15) is 12.6 Å². The smallest absolute Gasteiger partial charge is 0.414 e. The fraction of sp³-hybridized carbons (Fsp3) is 0.167. The first-order chi connectivity index (χ1) is 14.2. The molecule has 2 atom stereocenters. The van der Waals surface area contributed by atoms with Crippen molar-refractivity contribution in [3.63, 3.8) is 0 Å². The van der Waals surface area contributed by atoms with Crippen LogP contribution in [0.15, 0.2) is 91.0 Å². The van der Waals surface area contributed by atoms with Gasteiger partial charge in [-0.2, -0.15) is 0 Å². The van der Waals surface area contributed by atoms with E-state index < -0.39 is 24.3 Å². The Labute approximate surface area is 169 Å². The van der Waals surface area contributed by atoms with E-state index in [2.05, 4.69) is 0 Å². The molecule has 146 valence electrons. The van der Waals surface area contributed by atoms with Gasteiger partial charge >= 0.3 is 12.1 Å². The molecule has 3 aromatic rings. The largest absolute Gasteiger partial charge is 0.444 e. The fourth-order valence-corrected chi connectivity index (χ4v) is 3.40. The molecule has 5 heteroatoms. The summed E-state index contributed by atoms with van der Waals surface area (Å²) >= 11 is 0. The summed E-state index contributed by atoms with van der Waals surface area (Å²) in [6.07, 6.45) is -1.01. The summed E-state index contributed by atoms with van der Waals surface area (Å²) in [4.78, 5) is 27.1. The first kappa shape index (κ1) is 18.7. The predicted octanol–water partition coefficient (Wildman–Crippen LogP) is 4.49. The first-order valence-electron chi connectivity index (χ1n) is 9.51. The molecule has 0 spiro atoms. The number of cyclic esters (lactones) is 1. The SMILES string of the molecule is O=C1O[C@@H](c2ccccc2)N(C(=O)OCc2ccccc2)C1Cc1ccccc1. The highest BCUT2D eigenvalue weighted by Crippen LogP contribution is 2.34. The Hall–Kier alpha value is -3.60. The van der Waals surface area contributed by atoms with E-state index in [9.17, 15) is 9.59 Å². The minimum atomic E-state index is -0.805. The number of rotatable bonds is 5. The molecule has 3 aromatic carbocycles. The molecule has 0 aliphatic carbocycles. The number of benzene rings is 3. The number of hydrogen-bond acceptors (Lipinski definition) is 4. The third kappa shape index (κ3) is 4.29. The van der Waals surface area contributed by atoms with Crippen LogP contribution < -0.4 is 0 Å². The molecule has 1 aliphatic heterocycles. The Bertz CT molecular complexity index is 960. The van der Waals surface area contributed by atoms with E-state index in [4.69, 9.17) is 9.47 Å². The lowest BCUT2D eigenvalue weighted by Crippen LogP contribution is -2.41. The van der Waals surface area contributed by atoms with Crippen LogP contribution in [0.2, 0.25) is 0 Å². The van der Waals surface area contributed by atoms with Gasteiger partial charge in [-0.05, 0) is 11.1 Å². The molecule has 1 amide bonds. The van der Waals surface area contributed by atoms with Crippen LogP contribution >= 0.6 is 0 Å². The van der Waals surface area contributed by atoms with E-state index in [1.54, 1.807) is 0 Å². The van der Waals surface area contributed by atoms with Gasteiger partial charge in [0, 0.05) is 12.0 Å². The molecule has 5 nitrogen and oxygen atoms in total. The third-order valence-electron chi connectivity index (χ3n) is 4.86. The predicted molar refractivity (Wildman–Crippen MR) is 108 cm³/mol. The maximum absolute atomic E-state index is 13.0. The zero-order chi connectivity index (χ0) is 20.1. The van der Waals surface area contributed by atoms with E-state index in [1.165, 1.54) is 4.90 Å². The number of carbonyl (C=O) groups excluding carboxylic acids is 2. The zero-order valence-electron chi connectivity index (χ0n) is 15.8. The molecule has 4 rings (SSSR count). The minimum Gasteiger partial charge on any atom is -0.444 e. The van der Waals surface area contributed by atoms with Crippen LogP contribution in [0.3, 0.4) is 0 Å². The van der Waals surface area contributed by atoms with Crippen molar-refractivity contribution in [2.75, 3.05) is 0 Å². The summed E-state index contributed by atoms with van der Waals surface area (Å²) in [5, 5.41) is 0. The van der Waals surface area contributed by atoms with E-state index in [0.717, 1.165) is 16.7 Å². The average molecular weight is 387 g/mol. The summed E-state index contributed by atoms with van der Waals surface area (Å²) in [7, 11) is 0. The number of ether oxygens (including phenoxy) is 2. The van der Waals surface area contributed by atoms with Gasteiger partial charge in [0.2, 0.25) is 6.23 Å². The molecule has 0 aromatic heterocycles. The quantitative estimate of drug-likeness (QED) is 0.605. The Morgan fingerprint density at radius 3 is 2.00 bits per heavy atom. The molecule has 29 heavy (non-hydrogen) atoms. The van der Waals surface area contributed by atoms with E-state index in [0.29, 0.717) is 6.42 Å². The lowest BCUT2D eigenvalue weighted by Gasteiger charge is -2.25. The Morgan fingerprint density at radius 1 is 0.828 bits per heavy atom. The monoisotopic (exact) mass is 387 g/mol. The first-order valence-corrected chi connectivity index (χ1v) is 9.51. The second kappa shape index (κ2) is 8.61. The third-order valence-corrected chi connectivity index (χ3v) is 4.86. The molecule has 0 saturated carbocycles. The molecule has 1 aliphatic rings. The topological polar surface area (TPSA) is 55.8 Å². The number of hydrogen-bond donors (Lipinski definition) is 0. The van der Waals surface area contributed by atoms with Crippen LogP contribution in [0.5, 0.6) is 0 Å². The Balaban J connectivity index is 1.59.